The van der Waals surface area contributed by atoms with Gasteiger partial charge in [-0.2, -0.15) is 0 Å². The molecule has 0 aromatic heterocycles. The van der Waals surface area contributed by atoms with Gasteiger partial charge < -0.3 is 20.5 Å². The summed E-state index contributed by atoms with van der Waals surface area (Å²) in [6.07, 6.45) is 0.0653. The number of hydrogen-bond acceptors (Lipinski definition) is 4. The van der Waals surface area contributed by atoms with E-state index < -0.39 is 17.9 Å². The Bertz CT molecular complexity index is 1760. The predicted molar refractivity (Wildman–Crippen MR) is 172 cm³/mol. The zero-order chi connectivity index (χ0) is 30.3. The fourth-order valence-corrected chi connectivity index (χ4v) is 5.08. The number of halogens is 3. The van der Waals surface area contributed by atoms with Gasteiger partial charge in [-0.25, -0.2) is 4.79 Å². The Morgan fingerprint density at radius 2 is 1.40 bits per heavy atom. The minimum absolute atomic E-state index is 0.0653. The summed E-state index contributed by atoms with van der Waals surface area (Å²) in [7, 11) is 0. The number of carbonyl (C=O) groups excluding carboxylic acids is 1. The molecule has 1 amide bonds. The number of rotatable bonds is 10. The predicted octanol–water partition coefficient (Wildman–Crippen LogP) is 9.28. The number of para-hydroxylation sites is 2. The number of carboxylic acids is 1. The molecule has 5 aromatic rings. The average Bonchev–Trinajstić information content (AvgIpc) is 3.00. The quantitative estimate of drug-likeness (QED) is 0.143. The van der Waals surface area contributed by atoms with E-state index in [0.29, 0.717) is 32.2 Å². The molecular formula is C34H25Cl3N2O4. The standard InChI is InChI=1S/C34H25Cl3N2O4/c35-23-14-16-29(38-30-17-15-24(36)20-28(30)37)27(19-23)33(40)39-31(34(41)42)18-21-10-12-22(13-11-21)26-8-4-5-9-32(26)43-25-6-2-1-3-7-25/h1-17,19-20,31,38H,18H2,(H,39,40)(H,41,42)/t31-/m0/s1. The summed E-state index contributed by atoms with van der Waals surface area (Å²) in [4.78, 5) is 25.5. The molecule has 0 saturated heterocycles. The molecule has 0 spiro atoms. The Kier molecular flexibility index (Phi) is 9.52. The first-order valence-corrected chi connectivity index (χ1v) is 14.4. The van der Waals surface area contributed by atoms with Crippen LogP contribution in [0.3, 0.4) is 0 Å². The van der Waals surface area contributed by atoms with Crippen LogP contribution in [0.5, 0.6) is 11.5 Å². The van der Waals surface area contributed by atoms with Crippen molar-refractivity contribution >= 4 is 58.1 Å². The van der Waals surface area contributed by atoms with Crippen LogP contribution in [0.15, 0.2) is 115 Å². The van der Waals surface area contributed by atoms with Gasteiger partial charge in [0.1, 0.15) is 17.5 Å². The molecule has 0 saturated carbocycles. The zero-order valence-corrected chi connectivity index (χ0v) is 24.8. The normalized spacial score (nSPS) is 11.4. The fourth-order valence-electron chi connectivity index (χ4n) is 4.45. The number of amides is 1. The maximum Gasteiger partial charge on any atom is 0.326 e. The Morgan fingerprint density at radius 3 is 2.09 bits per heavy atom. The van der Waals surface area contributed by atoms with Gasteiger partial charge in [0, 0.05) is 22.0 Å². The number of aliphatic carboxylic acids is 1. The van der Waals surface area contributed by atoms with Gasteiger partial charge in [-0.1, -0.05) is 95.5 Å². The van der Waals surface area contributed by atoms with Crippen LogP contribution in [-0.4, -0.2) is 23.0 Å². The third-order valence-electron chi connectivity index (χ3n) is 6.59. The van der Waals surface area contributed by atoms with Gasteiger partial charge in [-0.3, -0.25) is 4.79 Å². The number of benzene rings is 5. The lowest BCUT2D eigenvalue weighted by molar-refractivity contribution is -0.139. The maximum atomic E-state index is 13.3. The molecule has 3 N–H and O–H groups in total. The lowest BCUT2D eigenvalue weighted by Gasteiger charge is -2.18. The highest BCUT2D eigenvalue weighted by Crippen LogP contribution is 2.34. The second-order valence-electron chi connectivity index (χ2n) is 9.62. The van der Waals surface area contributed by atoms with Crippen LogP contribution in [0, 0.1) is 0 Å². The van der Waals surface area contributed by atoms with Crippen molar-refractivity contribution in [2.24, 2.45) is 0 Å². The van der Waals surface area contributed by atoms with Gasteiger partial charge in [0.25, 0.3) is 5.91 Å². The van der Waals surface area contributed by atoms with Gasteiger partial charge in [-0.05, 0) is 65.7 Å². The minimum Gasteiger partial charge on any atom is -0.480 e. The maximum absolute atomic E-state index is 13.3. The molecule has 0 bridgehead atoms. The van der Waals surface area contributed by atoms with Crippen LogP contribution < -0.4 is 15.4 Å². The Morgan fingerprint density at radius 1 is 0.744 bits per heavy atom. The Hall–Kier alpha value is -4.49. The van der Waals surface area contributed by atoms with Crippen LogP contribution in [-0.2, 0) is 11.2 Å². The van der Waals surface area contributed by atoms with E-state index in [1.807, 2.05) is 78.9 Å². The van der Waals surface area contributed by atoms with E-state index in [1.54, 1.807) is 30.3 Å². The molecule has 5 rings (SSSR count). The summed E-state index contributed by atoms with van der Waals surface area (Å²) >= 11 is 18.5. The minimum atomic E-state index is -1.20. The molecule has 5 aromatic carbocycles. The summed E-state index contributed by atoms with van der Waals surface area (Å²) in [5, 5.41) is 16.8. The van der Waals surface area contributed by atoms with Crippen LogP contribution in [0.2, 0.25) is 15.1 Å². The SMILES string of the molecule is O=C(N[C@@H](Cc1ccc(-c2ccccc2Oc2ccccc2)cc1)C(=O)O)c1cc(Cl)ccc1Nc1ccc(Cl)cc1Cl. The Labute approximate surface area is 263 Å². The van der Waals surface area contributed by atoms with Crippen LogP contribution >= 0.6 is 34.8 Å². The summed E-state index contributed by atoms with van der Waals surface area (Å²) < 4.78 is 6.09. The Balaban J connectivity index is 1.32. The van der Waals surface area contributed by atoms with Crippen LogP contribution in [0.1, 0.15) is 15.9 Å². The number of ether oxygens (including phenoxy) is 1. The van der Waals surface area contributed by atoms with Gasteiger partial charge in [0.05, 0.1) is 22.0 Å². The lowest BCUT2D eigenvalue weighted by Crippen LogP contribution is -2.42. The van der Waals surface area contributed by atoms with Crippen molar-refractivity contribution in [2.45, 2.75) is 12.5 Å². The topological polar surface area (TPSA) is 87.7 Å². The number of hydrogen-bond donors (Lipinski definition) is 3. The first kappa shape index (κ1) is 30.0. The van der Waals surface area contributed by atoms with Crippen molar-refractivity contribution < 1.29 is 19.4 Å². The molecule has 43 heavy (non-hydrogen) atoms. The van der Waals surface area contributed by atoms with Crippen molar-refractivity contribution in [1.29, 1.82) is 0 Å². The lowest BCUT2D eigenvalue weighted by atomic mass is 9.99. The number of nitrogens with one attached hydrogen (secondary N) is 2. The van der Waals surface area contributed by atoms with E-state index >= 15 is 0 Å². The van der Waals surface area contributed by atoms with E-state index in [1.165, 1.54) is 6.07 Å². The fraction of sp³-hybridized carbons (Fsp3) is 0.0588. The van der Waals surface area contributed by atoms with Gasteiger partial charge >= 0.3 is 5.97 Å². The van der Waals surface area contributed by atoms with E-state index in [9.17, 15) is 14.7 Å². The molecule has 6 nitrogen and oxygen atoms in total. The highest BCUT2D eigenvalue weighted by molar-refractivity contribution is 6.36. The summed E-state index contributed by atoms with van der Waals surface area (Å²) in [6, 6.07) is 33.1. The van der Waals surface area contributed by atoms with E-state index in [2.05, 4.69) is 10.6 Å². The molecule has 9 heteroatoms. The summed E-state index contributed by atoms with van der Waals surface area (Å²) in [6.45, 7) is 0. The van der Waals surface area contributed by atoms with Crippen molar-refractivity contribution in [3.05, 3.63) is 141 Å². The largest absolute Gasteiger partial charge is 0.480 e. The highest BCUT2D eigenvalue weighted by atomic mass is 35.5. The van der Waals surface area contributed by atoms with Crippen molar-refractivity contribution in [1.82, 2.24) is 5.32 Å². The number of anilines is 2. The molecule has 0 unspecified atom stereocenters. The molecule has 0 aliphatic carbocycles. The van der Waals surface area contributed by atoms with E-state index in [0.717, 1.165) is 22.4 Å². The second kappa shape index (κ2) is 13.7. The summed E-state index contributed by atoms with van der Waals surface area (Å²) in [5.41, 5.74) is 3.61. The van der Waals surface area contributed by atoms with Crippen molar-refractivity contribution in [3.8, 4) is 22.6 Å². The third kappa shape index (κ3) is 7.67. The average molecular weight is 632 g/mol. The van der Waals surface area contributed by atoms with Crippen molar-refractivity contribution in [3.63, 3.8) is 0 Å². The second-order valence-corrected chi connectivity index (χ2v) is 10.9. The van der Waals surface area contributed by atoms with Gasteiger partial charge in [-0.15, -0.1) is 0 Å². The molecule has 0 aliphatic rings. The van der Waals surface area contributed by atoms with Gasteiger partial charge in [0.15, 0.2) is 0 Å². The molecule has 216 valence electrons. The molecular weight excluding hydrogens is 607 g/mol. The van der Waals surface area contributed by atoms with Gasteiger partial charge in [0.2, 0.25) is 0 Å². The molecule has 0 heterocycles. The molecule has 0 fully saturated rings. The third-order valence-corrected chi connectivity index (χ3v) is 7.38. The first-order valence-electron chi connectivity index (χ1n) is 13.2. The van der Waals surface area contributed by atoms with E-state index in [-0.39, 0.29) is 12.0 Å². The summed E-state index contributed by atoms with van der Waals surface area (Å²) in [5.74, 6) is -0.355. The first-order chi connectivity index (χ1) is 20.8. The smallest absolute Gasteiger partial charge is 0.326 e. The van der Waals surface area contributed by atoms with E-state index in [4.69, 9.17) is 39.5 Å². The monoisotopic (exact) mass is 630 g/mol. The molecule has 1 atom stereocenters. The van der Waals surface area contributed by atoms with Crippen molar-refractivity contribution in [2.75, 3.05) is 5.32 Å². The number of carboxylic acid groups (broad SMARTS) is 1. The highest BCUT2D eigenvalue weighted by Gasteiger charge is 2.23. The number of carbonyl (C=O) groups is 2. The zero-order valence-electron chi connectivity index (χ0n) is 22.6. The molecule has 0 aliphatic heterocycles. The van der Waals surface area contributed by atoms with Crippen LogP contribution in [0.25, 0.3) is 11.1 Å². The molecule has 0 radical (unpaired) electrons. The van der Waals surface area contributed by atoms with Crippen LogP contribution in [0.4, 0.5) is 11.4 Å².